The van der Waals surface area contributed by atoms with E-state index in [1.807, 2.05) is 12.3 Å². The molecule has 9 heteroatoms. The van der Waals surface area contributed by atoms with E-state index in [1.54, 1.807) is 11.3 Å². The van der Waals surface area contributed by atoms with Crippen molar-refractivity contribution in [2.24, 2.45) is 4.99 Å². The molecule has 25 heavy (non-hydrogen) atoms. The maximum atomic E-state index is 12.5. The summed E-state index contributed by atoms with van der Waals surface area (Å²) in [6, 6.07) is 2.10. The minimum Gasteiger partial charge on any atom is -0.357 e. The molecule has 0 amide bonds. The highest BCUT2D eigenvalue weighted by atomic mass is 127. The first-order valence-electron chi connectivity index (χ1n) is 8.23. The number of guanidine groups is 1. The lowest BCUT2D eigenvalue weighted by molar-refractivity contribution is -0.143. The SMILES string of the molecule is CCNC(=NCC(C)c1ccsc1)NC1CCN(CC(F)(F)F)C1.I. The van der Waals surface area contributed by atoms with Crippen LogP contribution in [0.1, 0.15) is 31.7 Å². The van der Waals surface area contributed by atoms with Crippen LogP contribution in [0.3, 0.4) is 0 Å². The maximum absolute atomic E-state index is 12.5. The van der Waals surface area contributed by atoms with Gasteiger partial charge in [0.15, 0.2) is 5.96 Å². The van der Waals surface area contributed by atoms with Crippen LogP contribution in [0.2, 0.25) is 0 Å². The van der Waals surface area contributed by atoms with Crippen molar-refractivity contribution < 1.29 is 13.2 Å². The third kappa shape index (κ3) is 8.12. The molecule has 0 saturated carbocycles. The molecule has 2 unspecified atom stereocenters. The first kappa shape index (κ1) is 22.5. The highest BCUT2D eigenvalue weighted by Crippen LogP contribution is 2.20. The number of hydrogen-bond donors (Lipinski definition) is 2. The van der Waals surface area contributed by atoms with Crippen LogP contribution in [0.15, 0.2) is 21.8 Å². The van der Waals surface area contributed by atoms with E-state index in [9.17, 15) is 13.2 Å². The summed E-state index contributed by atoms with van der Waals surface area (Å²) in [6.45, 7) is 5.47. The predicted molar refractivity (Wildman–Crippen MR) is 108 cm³/mol. The zero-order chi connectivity index (χ0) is 17.6. The minimum absolute atomic E-state index is 0. The molecule has 2 atom stereocenters. The summed E-state index contributed by atoms with van der Waals surface area (Å²) in [4.78, 5) is 6.03. The average molecular weight is 490 g/mol. The van der Waals surface area contributed by atoms with Crippen LogP contribution in [-0.2, 0) is 0 Å². The van der Waals surface area contributed by atoms with E-state index in [0.29, 0.717) is 37.9 Å². The number of alkyl halides is 3. The van der Waals surface area contributed by atoms with Crippen LogP contribution in [0.5, 0.6) is 0 Å². The van der Waals surface area contributed by atoms with Gasteiger partial charge in [-0.15, -0.1) is 24.0 Å². The zero-order valence-corrected chi connectivity index (χ0v) is 17.6. The van der Waals surface area contributed by atoms with E-state index in [1.165, 1.54) is 10.5 Å². The van der Waals surface area contributed by atoms with Gasteiger partial charge in [-0.25, -0.2) is 0 Å². The highest BCUT2D eigenvalue weighted by molar-refractivity contribution is 14.0. The summed E-state index contributed by atoms with van der Waals surface area (Å²) in [5.41, 5.74) is 1.26. The van der Waals surface area contributed by atoms with Crippen molar-refractivity contribution in [1.82, 2.24) is 15.5 Å². The summed E-state index contributed by atoms with van der Waals surface area (Å²) in [6.07, 6.45) is -3.44. The van der Waals surface area contributed by atoms with Crippen LogP contribution in [-0.4, -0.2) is 55.8 Å². The average Bonchev–Trinajstić information content (AvgIpc) is 3.15. The molecule has 2 rings (SSSR count). The first-order chi connectivity index (χ1) is 11.4. The van der Waals surface area contributed by atoms with Gasteiger partial charge in [-0.1, -0.05) is 6.92 Å². The Bertz CT molecular complexity index is 522. The molecule has 1 aromatic rings. The summed E-state index contributed by atoms with van der Waals surface area (Å²) in [5, 5.41) is 10.6. The fourth-order valence-corrected chi connectivity index (χ4v) is 3.53. The number of nitrogens with one attached hydrogen (secondary N) is 2. The molecule has 2 heterocycles. The Balaban J connectivity index is 0.00000312. The number of halogens is 4. The van der Waals surface area contributed by atoms with Crippen molar-refractivity contribution in [2.75, 3.05) is 32.7 Å². The van der Waals surface area contributed by atoms with Gasteiger partial charge in [0.1, 0.15) is 0 Å². The number of aliphatic imine (C=N–C) groups is 1. The van der Waals surface area contributed by atoms with Crippen molar-refractivity contribution in [2.45, 2.75) is 38.4 Å². The van der Waals surface area contributed by atoms with Crippen molar-refractivity contribution >= 4 is 41.3 Å². The Morgan fingerprint density at radius 1 is 1.48 bits per heavy atom. The largest absolute Gasteiger partial charge is 0.401 e. The second-order valence-corrected chi connectivity index (χ2v) is 6.94. The van der Waals surface area contributed by atoms with E-state index < -0.39 is 12.7 Å². The molecule has 144 valence electrons. The molecule has 1 aliphatic heterocycles. The minimum atomic E-state index is -4.14. The van der Waals surface area contributed by atoms with Crippen LogP contribution in [0, 0.1) is 0 Å². The predicted octanol–water partition coefficient (Wildman–Crippen LogP) is 3.66. The Morgan fingerprint density at radius 3 is 2.84 bits per heavy atom. The quantitative estimate of drug-likeness (QED) is 0.364. The number of hydrogen-bond acceptors (Lipinski definition) is 3. The molecule has 1 fully saturated rings. The fourth-order valence-electron chi connectivity index (χ4n) is 2.75. The molecule has 0 aromatic carbocycles. The molecule has 0 spiro atoms. The second kappa shape index (κ2) is 10.6. The number of likely N-dealkylation sites (tertiary alicyclic amines) is 1. The Labute approximate surface area is 168 Å². The smallest absolute Gasteiger partial charge is 0.357 e. The standard InChI is InChI=1S/C16H25F3N4S.HI/c1-3-20-15(21-8-12(2)13-5-7-24-10-13)22-14-4-6-23(9-14)11-16(17,18)19;/h5,7,10,12,14H,3-4,6,8-9,11H2,1-2H3,(H2,20,21,22);1H. The lowest BCUT2D eigenvalue weighted by Gasteiger charge is -2.20. The molecule has 0 radical (unpaired) electrons. The molecule has 2 N–H and O–H groups in total. The molecule has 1 saturated heterocycles. The van der Waals surface area contributed by atoms with Crippen molar-refractivity contribution in [1.29, 1.82) is 0 Å². The maximum Gasteiger partial charge on any atom is 0.401 e. The van der Waals surface area contributed by atoms with Crippen LogP contribution in [0.25, 0.3) is 0 Å². The first-order valence-corrected chi connectivity index (χ1v) is 9.17. The Hall–Kier alpha value is -0.550. The molecule has 1 aromatic heterocycles. The van der Waals surface area contributed by atoms with Crippen LogP contribution < -0.4 is 10.6 Å². The zero-order valence-electron chi connectivity index (χ0n) is 14.5. The third-order valence-corrected chi connectivity index (χ3v) is 4.70. The fraction of sp³-hybridized carbons (Fsp3) is 0.688. The van der Waals surface area contributed by atoms with E-state index in [4.69, 9.17) is 0 Å². The topological polar surface area (TPSA) is 39.7 Å². The number of thiophene rings is 1. The van der Waals surface area contributed by atoms with Gasteiger partial charge in [0.2, 0.25) is 0 Å². The van der Waals surface area contributed by atoms with E-state index in [-0.39, 0.29) is 30.0 Å². The molecule has 0 aliphatic carbocycles. The summed E-state index contributed by atoms with van der Waals surface area (Å²) in [7, 11) is 0. The monoisotopic (exact) mass is 490 g/mol. The third-order valence-electron chi connectivity index (χ3n) is 4.00. The van der Waals surface area contributed by atoms with Crippen LogP contribution in [0.4, 0.5) is 13.2 Å². The van der Waals surface area contributed by atoms with E-state index in [2.05, 4.69) is 34.0 Å². The van der Waals surface area contributed by atoms with Gasteiger partial charge in [-0.2, -0.15) is 24.5 Å². The molecule has 1 aliphatic rings. The van der Waals surface area contributed by atoms with E-state index in [0.717, 1.165) is 6.54 Å². The second-order valence-electron chi connectivity index (χ2n) is 6.16. The molecular weight excluding hydrogens is 464 g/mol. The number of rotatable bonds is 6. The number of nitrogens with zero attached hydrogens (tertiary/aromatic N) is 2. The van der Waals surface area contributed by atoms with Gasteiger partial charge in [-0.3, -0.25) is 9.89 Å². The molecule has 4 nitrogen and oxygen atoms in total. The van der Waals surface area contributed by atoms with Gasteiger partial charge in [-0.05, 0) is 35.7 Å². The van der Waals surface area contributed by atoms with Crippen molar-refractivity contribution in [3.05, 3.63) is 22.4 Å². The van der Waals surface area contributed by atoms with Gasteiger partial charge in [0.25, 0.3) is 0 Å². The van der Waals surface area contributed by atoms with Gasteiger partial charge >= 0.3 is 6.18 Å². The molecule has 0 bridgehead atoms. The van der Waals surface area contributed by atoms with Gasteiger partial charge in [0, 0.05) is 38.1 Å². The van der Waals surface area contributed by atoms with Crippen molar-refractivity contribution in [3.8, 4) is 0 Å². The lowest BCUT2D eigenvalue weighted by atomic mass is 10.1. The van der Waals surface area contributed by atoms with Crippen molar-refractivity contribution in [3.63, 3.8) is 0 Å². The molecular formula is C16H26F3IN4S. The normalized spacial score (nSPS) is 20.2. The van der Waals surface area contributed by atoms with Gasteiger partial charge < -0.3 is 10.6 Å². The summed E-state index contributed by atoms with van der Waals surface area (Å²) >= 11 is 1.67. The Kier molecular flexibility index (Phi) is 9.50. The van der Waals surface area contributed by atoms with E-state index >= 15 is 0 Å². The lowest BCUT2D eigenvalue weighted by Crippen LogP contribution is -2.45. The summed E-state index contributed by atoms with van der Waals surface area (Å²) < 4.78 is 37.4. The van der Waals surface area contributed by atoms with Gasteiger partial charge in [0.05, 0.1) is 6.54 Å². The summed E-state index contributed by atoms with van der Waals surface area (Å²) in [5.74, 6) is 0.996. The van der Waals surface area contributed by atoms with Crippen LogP contribution >= 0.6 is 35.3 Å². The Morgan fingerprint density at radius 2 is 2.24 bits per heavy atom. The highest BCUT2D eigenvalue weighted by Gasteiger charge is 2.34.